The molecule has 33 heavy (non-hydrogen) atoms. The maximum atomic E-state index is 12.8. The number of hydrogen-bond acceptors (Lipinski definition) is 7. The Hall–Kier alpha value is -3.47. The van der Waals surface area contributed by atoms with Crippen molar-refractivity contribution >= 4 is 38.7 Å². The van der Waals surface area contributed by atoms with Crippen LogP contribution in [-0.4, -0.2) is 69.0 Å². The number of nitrogens with zero attached hydrogens (tertiary/aromatic N) is 4. The lowest BCUT2D eigenvalue weighted by Gasteiger charge is -2.36. The molecule has 2 amide bonds. The first-order valence-corrected chi connectivity index (χ1v) is 12.2. The molecule has 0 aromatic heterocycles. The molecule has 2 aromatic carbocycles. The van der Waals surface area contributed by atoms with Crippen molar-refractivity contribution in [3.8, 4) is 0 Å². The lowest BCUT2D eigenvalue weighted by atomic mass is 10.2. The van der Waals surface area contributed by atoms with Crippen molar-refractivity contribution < 1.29 is 22.9 Å². The molecule has 0 saturated carbocycles. The van der Waals surface area contributed by atoms with Crippen LogP contribution in [0.5, 0.6) is 0 Å². The molecule has 2 aromatic rings. The van der Waals surface area contributed by atoms with Crippen molar-refractivity contribution in [3.63, 3.8) is 0 Å². The minimum atomic E-state index is -3.66. The van der Waals surface area contributed by atoms with Gasteiger partial charge in [0.25, 0.3) is 5.69 Å². The van der Waals surface area contributed by atoms with Crippen LogP contribution in [0.2, 0.25) is 0 Å². The second kappa shape index (κ2) is 8.81. The third-order valence-electron chi connectivity index (χ3n) is 6.13. The summed E-state index contributed by atoms with van der Waals surface area (Å²) in [6.45, 7) is 2.01. The molecule has 0 N–H and O–H groups in total. The molecule has 4 rings (SSSR count). The number of carbonyl (C=O) groups excluding carboxylic acids is 2. The lowest BCUT2D eigenvalue weighted by Crippen LogP contribution is -2.49. The fraction of sp³-hybridized carbons (Fsp3) is 0.364. The maximum Gasteiger partial charge on any atom is 0.269 e. The average Bonchev–Trinajstić information content (AvgIpc) is 3.10. The maximum absolute atomic E-state index is 12.8. The first-order chi connectivity index (χ1) is 15.7. The van der Waals surface area contributed by atoms with Gasteiger partial charge in [0, 0.05) is 63.2 Å². The molecular formula is C22H24N4O6S. The van der Waals surface area contributed by atoms with Crippen molar-refractivity contribution in [1.82, 2.24) is 4.90 Å². The zero-order valence-electron chi connectivity index (χ0n) is 18.1. The summed E-state index contributed by atoms with van der Waals surface area (Å²) in [7, 11) is -2.00. The van der Waals surface area contributed by atoms with Crippen LogP contribution in [0.15, 0.2) is 47.4 Å². The van der Waals surface area contributed by atoms with Crippen molar-refractivity contribution in [2.24, 2.45) is 0 Å². The van der Waals surface area contributed by atoms with Crippen LogP contribution in [0.4, 0.5) is 17.1 Å². The van der Waals surface area contributed by atoms with E-state index in [4.69, 9.17) is 0 Å². The molecule has 2 aliphatic heterocycles. The Morgan fingerprint density at radius 1 is 1.06 bits per heavy atom. The number of nitro benzene ring substituents is 1. The van der Waals surface area contributed by atoms with Crippen LogP contribution in [-0.2, 0) is 25.8 Å². The molecule has 0 radical (unpaired) electrons. The summed E-state index contributed by atoms with van der Waals surface area (Å²) in [6.07, 6.45) is 0.0585. The highest BCUT2D eigenvalue weighted by Crippen LogP contribution is 2.30. The lowest BCUT2D eigenvalue weighted by molar-refractivity contribution is -0.384. The number of non-ortho nitro benzene ring substituents is 1. The Kier molecular flexibility index (Phi) is 6.07. The smallest absolute Gasteiger partial charge is 0.269 e. The molecule has 11 heteroatoms. The quantitative estimate of drug-likeness (QED) is 0.463. The summed E-state index contributed by atoms with van der Waals surface area (Å²) in [5, 5.41) is 10.8. The largest absolute Gasteiger partial charge is 0.368 e. The van der Waals surface area contributed by atoms with E-state index < -0.39 is 14.8 Å². The van der Waals surface area contributed by atoms with Crippen LogP contribution in [0, 0.1) is 10.1 Å². The predicted octanol–water partition coefficient (Wildman–Crippen LogP) is 1.63. The van der Waals surface area contributed by atoms with Crippen LogP contribution in [0.3, 0.4) is 0 Å². The van der Waals surface area contributed by atoms with Gasteiger partial charge >= 0.3 is 0 Å². The van der Waals surface area contributed by atoms with Gasteiger partial charge in [0.1, 0.15) is 0 Å². The number of fused-ring (bicyclic) bond motifs is 1. The molecule has 2 aliphatic rings. The van der Waals surface area contributed by atoms with E-state index in [1.54, 1.807) is 30.1 Å². The molecule has 1 fully saturated rings. The Balaban J connectivity index is 1.32. The monoisotopic (exact) mass is 472 g/mol. The summed E-state index contributed by atoms with van der Waals surface area (Å²) in [6, 6.07) is 10.9. The Morgan fingerprint density at radius 2 is 1.73 bits per heavy atom. The Labute approximate surface area is 191 Å². The van der Waals surface area contributed by atoms with E-state index in [1.165, 1.54) is 29.2 Å². The van der Waals surface area contributed by atoms with Gasteiger partial charge in [-0.25, -0.2) is 8.42 Å². The third kappa shape index (κ3) is 4.68. The minimum absolute atomic E-state index is 0.0239. The van der Waals surface area contributed by atoms with Gasteiger partial charge < -0.3 is 14.7 Å². The highest BCUT2D eigenvalue weighted by molar-refractivity contribution is 7.91. The number of sulfone groups is 1. The van der Waals surface area contributed by atoms with Crippen LogP contribution in [0.1, 0.15) is 12.0 Å². The van der Waals surface area contributed by atoms with E-state index in [2.05, 4.69) is 0 Å². The summed E-state index contributed by atoms with van der Waals surface area (Å²) >= 11 is 0. The number of benzene rings is 2. The standard InChI is InChI=1S/C22H24N4O6S/c1-23-20-7-6-19(14-16(20)15-22(23)28)33(31,32)13-8-21(27)25-11-9-24(10-12-25)17-2-4-18(5-3-17)26(29)30/h2-7,14H,8-13,15H2,1H3. The van der Waals surface area contributed by atoms with Gasteiger partial charge in [0.2, 0.25) is 11.8 Å². The average molecular weight is 473 g/mol. The number of likely N-dealkylation sites (N-methyl/N-ethyl adjacent to an activating group) is 1. The second-order valence-corrected chi connectivity index (χ2v) is 10.2. The van der Waals surface area contributed by atoms with E-state index in [0.717, 1.165) is 5.69 Å². The van der Waals surface area contributed by atoms with E-state index in [-0.39, 0.29) is 41.0 Å². The van der Waals surface area contributed by atoms with E-state index >= 15 is 0 Å². The zero-order valence-corrected chi connectivity index (χ0v) is 19.0. The molecule has 1 saturated heterocycles. The topological polar surface area (TPSA) is 121 Å². The first kappa shape index (κ1) is 22.7. The second-order valence-electron chi connectivity index (χ2n) is 8.13. The summed E-state index contributed by atoms with van der Waals surface area (Å²) in [5.41, 5.74) is 2.25. The summed E-state index contributed by atoms with van der Waals surface area (Å²) in [5.74, 6) is -0.600. The number of anilines is 2. The highest BCUT2D eigenvalue weighted by atomic mass is 32.2. The van der Waals surface area contributed by atoms with Gasteiger partial charge in [-0.15, -0.1) is 0 Å². The molecule has 2 heterocycles. The van der Waals surface area contributed by atoms with Crippen LogP contribution >= 0.6 is 0 Å². The van der Waals surface area contributed by atoms with Crippen molar-refractivity contribution in [1.29, 1.82) is 0 Å². The van der Waals surface area contributed by atoms with Gasteiger partial charge in [-0.05, 0) is 35.9 Å². The molecule has 174 valence electrons. The fourth-order valence-corrected chi connectivity index (χ4v) is 5.41. The molecular weight excluding hydrogens is 448 g/mol. The fourth-order valence-electron chi connectivity index (χ4n) is 4.14. The van der Waals surface area contributed by atoms with Crippen molar-refractivity contribution in [2.45, 2.75) is 17.7 Å². The van der Waals surface area contributed by atoms with Gasteiger partial charge in [0.05, 0.1) is 22.0 Å². The SMILES string of the molecule is CN1C(=O)Cc2cc(S(=O)(=O)CCC(=O)N3CCN(c4ccc([N+](=O)[O-])cc4)CC3)ccc21. The van der Waals surface area contributed by atoms with Gasteiger partial charge in [0.15, 0.2) is 9.84 Å². The molecule has 0 unspecified atom stereocenters. The number of nitro groups is 1. The third-order valence-corrected chi connectivity index (χ3v) is 7.84. The highest BCUT2D eigenvalue weighted by Gasteiger charge is 2.27. The van der Waals surface area contributed by atoms with E-state index in [1.807, 2.05) is 4.90 Å². The van der Waals surface area contributed by atoms with Gasteiger partial charge in [-0.3, -0.25) is 19.7 Å². The van der Waals surface area contributed by atoms with E-state index in [0.29, 0.717) is 37.4 Å². The van der Waals surface area contributed by atoms with Crippen LogP contribution < -0.4 is 9.80 Å². The Bertz CT molecular complexity index is 1200. The van der Waals surface area contributed by atoms with Gasteiger partial charge in [-0.2, -0.15) is 0 Å². The van der Waals surface area contributed by atoms with Crippen molar-refractivity contribution in [3.05, 3.63) is 58.1 Å². The molecule has 0 spiro atoms. The molecule has 0 atom stereocenters. The number of carbonyl (C=O) groups is 2. The van der Waals surface area contributed by atoms with E-state index in [9.17, 15) is 28.1 Å². The summed E-state index contributed by atoms with van der Waals surface area (Å²) in [4.78, 5) is 40.1. The Morgan fingerprint density at radius 3 is 2.36 bits per heavy atom. The van der Waals surface area contributed by atoms with Crippen molar-refractivity contribution in [2.75, 3.05) is 48.8 Å². The van der Waals surface area contributed by atoms with Crippen LogP contribution in [0.25, 0.3) is 0 Å². The predicted molar refractivity (Wildman–Crippen MR) is 122 cm³/mol. The molecule has 10 nitrogen and oxygen atoms in total. The number of piperazine rings is 1. The molecule has 0 bridgehead atoms. The summed E-state index contributed by atoms with van der Waals surface area (Å²) < 4.78 is 25.5. The van der Waals surface area contributed by atoms with Gasteiger partial charge in [-0.1, -0.05) is 0 Å². The molecule has 0 aliphatic carbocycles. The normalized spacial score (nSPS) is 16.2. The minimum Gasteiger partial charge on any atom is -0.368 e. The zero-order chi connectivity index (χ0) is 23.8. The first-order valence-electron chi connectivity index (χ1n) is 10.5. The number of hydrogen-bond donors (Lipinski definition) is 0. The number of rotatable bonds is 6. The number of amides is 2.